The quantitative estimate of drug-likeness (QED) is 0.883. The van der Waals surface area contributed by atoms with Crippen LogP contribution in [0, 0.1) is 0 Å². The Kier molecular flexibility index (Phi) is 3.31. The van der Waals surface area contributed by atoms with Gasteiger partial charge in [0.25, 0.3) is 5.91 Å². The largest absolute Gasteiger partial charge is 0.338 e. The van der Waals surface area contributed by atoms with Crippen molar-refractivity contribution in [3.63, 3.8) is 0 Å². The van der Waals surface area contributed by atoms with E-state index >= 15 is 0 Å². The Bertz CT molecular complexity index is 469. The molecule has 0 aromatic heterocycles. The molecule has 1 aromatic rings. The van der Waals surface area contributed by atoms with Gasteiger partial charge in [0.05, 0.1) is 0 Å². The Morgan fingerprint density at radius 3 is 3.00 bits per heavy atom. The summed E-state index contributed by atoms with van der Waals surface area (Å²) < 4.78 is 0. The molecule has 3 rings (SSSR count). The first kappa shape index (κ1) is 12.1. The lowest BCUT2D eigenvalue weighted by molar-refractivity contribution is 0.0748. The molecule has 1 unspecified atom stereocenters. The first-order valence-corrected chi connectivity index (χ1v) is 7.58. The van der Waals surface area contributed by atoms with Gasteiger partial charge in [0.1, 0.15) is 0 Å². The summed E-state index contributed by atoms with van der Waals surface area (Å²) in [6, 6.07) is 6.51. The summed E-state index contributed by atoms with van der Waals surface area (Å²) in [5, 5.41) is 3.31. The molecular formula is C14H18N2OS. The van der Waals surface area contributed by atoms with Crippen molar-refractivity contribution in [2.75, 3.05) is 18.6 Å². The molecule has 1 N–H and O–H groups in total. The molecule has 1 saturated heterocycles. The number of nitrogens with zero attached hydrogens (tertiary/aromatic N) is 1. The average molecular weight is 262 g/mol. The van der Waals surface area contributed by atoms with Gasteiger partial charge in [-0.25, -0.2) is 0 Å². The molecule has 2 aliphatic rings. The molecule has 0 radical (unpaired) electrons. The third-order valence-corrected chi connectivity index (χ3v) is 5.00. The van der Waals surface area contributed by atoms with Crippen molar-refractivity contribution in [1.82, 2.24) is 10.2 Å². The number of amides is 1. The van der Waals surface area contributed by atoms with Crippen molar-refractivity contribution in [2.45, 2.75) is 25.6 Å². The Morgan fingerprint density at radius 1 is 1.39 bits per heavy atom. The fourth-order valence-electron chi connectivity index (χ4n) is 2.62. The van der Waals surface area contributed by atoms with Gasteiger partial charge in [0.2, 0.25) is 0 Å². The van der Waals surface area contributed by atoms with Gasteiger partial charge < -0.3 is 10.2 Å². The molecule has 1 atom stereocenters. The van der Waals surface area contributed by atoms with Crippen molar-refractivity contribution in [3.05, 3.63) is 34.9 Å². The van der Waals surface area contributed by atoms with E-state index < -0.39 is 0 Å². The number of hydrogen-bond acceptors (Lipinski definition) is 3. The summed E-state index contributed by atoms with van der Waals surface area (Å²) in [6.45, 7) is 1.82. The van der Waals surface area contributed by atoms with Crippen molar-refractivity contribution in [2.24, 2.45) is 0 Å². The first-order valence-electron chi connectivity index (χ1n) is 6.43. The summed E-state index contributed by atoms with van der Waals surface area (Å²) in [5.41, 5.74) is 3.43. The minimum Gasteiger partial charge on any atom is -0.338 e. The second kappa shape index (κ2) is 4.94. The maximum Gasteiger partial charge on any atom is 0.253 e. The Balaban J connectivity index is 1.79. The van der Waals surface area contributed by atoms with E-state index in [1.807, 2.05) is 29.8 Å². The molecule has 4 heteroatoms. The lowest BCUT2D eigenvalue weighted by Gasteiger charge is -2.24. The third kappa shape index (κ3) is 2.15. The summed E-state index contributed by atoms with van der Waals surface area (Å²) >= 11 is 1.94. The van der Waals surface area contributed by atoms with Crippen LogP contribution < -0.4 is 5.32 Å². The van der Waals surface area contributed by atoms with E-state index in [2.05, 4.69) is 17.4 Å². The molecule has 1 aromatic carbocycles. The van der Waals surface area contributed by atoms with Crippen LogP contribution in [-0.2, 0) is 13.1 Å². The smallest absolute Gasteiger partial charge is 0.253 e. The highest BCUT2D eigenvalue weighted by atomic mass is 32.2. The Morgan fingerprint density at radius 2 is 2.22 bits per heavy atom. The predicted molar refractivity (Wildman–Crippen MR) is 74.8 cm³/mol. The van der Waals surface area contributed by atoms with Crippen molar-refractivity contribution in [1.29, 1.82) is 0 Å². The van der Waals surface area contributed by atoms with Gasteiger partial charge >= 0.3 is 0 Å². The maximum absolute atomic E-state index is 12.4. The van der Waals surface area contributed by atoms with Crippen LogP contribution in [0.3, 0.4) is 0 Å². The molecule has 18 heavy (non-hydrogen) atoms. The molecule has 0 saturated carbocycles. The van der Waals surface area contributed by atoms with Gasteiger partial charge in [0, 0.05) is 37.5 Å². The first-order chi connectivity index (χ1) is 8.75. The van der Waals surface area contributed by atoms with Crippen LogP contribution in [0.4, 0.5) is 0 Å². The molecule has 1 fully saturated rings. The van der Waals surface area contributed by atoms with E-state index in [1.54, 1.807) is 0 Å². The number of fused-ring (bicyclic) bond motifs is 1. The number of nitrogens with one attached hydrogen (secondary N) is 1. The van der Waals surface area contributed by atoms with Crippen LogP contribution in [0.2, 0.25) is 0 Å². The normalized spacial score (nSPS) is 21.9. The molecular weight excluding hydrogens is 244 g/mol. The summed E-state index contributed by atoms with van der Waals surface area (Å²) in [5.74, 6) is 2.42. The van der Waals surface area contributed by atoms with Gasteiger partial charge in [-0.1, -0.05) is 6.07 Å². The van der Waals surface area contributed by atoms with Crippen LogP contribution in [0.1, 0.15) is 27.9 Å². The monoisotopic (exact) mass is 262 g/mol. The lowest BCUT2D eigenvalue weighted by atomic mass is 10.1. The topological polar surface area (TPSA) is 32.3 Å². The van der Waals surface area contributed by atoms with E-state index in [9.17, 15) is 4.79 Å². The zero-order chi connectivity index (χ0) is 12.5. The molecule has 0 aliphatic carbocycles. The highest BCUT2D eigenvalue weighted by Crippen LogP contribution is 2.24. The van der Waals surface area contributed by atoms with Crippen LogP contribution in [0.25, 0.3) is 0 Å². The fraction of sp³-hybridized carbons (Fsp3) is 0.500. The highest BCUT2D eigenvalue weighted by Gasteiger charge is 2.25. The number of thioether (sulfide) groups is 1. The van der Waals surface area contributed by atoms with E-state index in [0.717, 1.165) is 30.8 Å². The second-order valence-electron chi connectivity index (χ2n) is 5.02. The fourth-order valence-corrected chi connectivity index (χ4v) is 3.89. The number of benzene rings is 1. The van der Waals surface area contributed by atoms with Crippen LogP contribution in [0.15, 0.2) is 18.2 Å². The van der Waals surface area contributed by atoms with Gasteiger partial charge in [-0.2, -0.15) is 11.8 Å². The lowest BCUT2D eigenvalue weighted by Crippen LogP contribution is -2.37. The average Bonchev–Trinajstić information content (AvgIpc) is 3.06. The zero-order valence-electron chi connectivity index (χ0n) is 10.6. The minimum absolute atomic E-state index is 0.164. The molecule has 1 amide bonds. The van der Waals surface area contributed by atoms with Crippen LogP contribution >= 0.6 is 11.8 Å². The standard InChI is InChI=1S/C14H18N2OS/c1-16(13-4-5-18-9-13)14(17)10-2-3-11-7-15-8-12(11)6-10/h2-3,6,13,15H,4-5,7-9H2,1H3. The number of carbonyl (C=O) groups excluding carboxylic acids is 1. The molecule has 2 aliphatic heterocycles. The van der Waals surface area contributed by atoms with E-state index in [4.69, 9.17) is 0 Å². The van der Waals surface area contributed by atoms with Gasteiger partial charge in [-0.15, -0.1) is 0 Å². The predicted octanol–water partition coefficient (Wildman–Crippen LogP) is 1.87. The SMILES string of the molecule is CN(C(=O)c1ccc2c(c1)CNC2)C1CCSC1. The highest BCUT2D eigenvalue weighted by molar-refractivity contribution is 7.99. The molecule has 96 valence electrons. The third-order valence-electron chi connectivity index (χ3n) is 3.86. The maximum atomic E-state index is 12.4. The van der Waals surface area contributed by atoms with Crippen molar-refractivity contribution < 1.29 is 4.79 Å². The summed E-state index contributed by atoms with van der Waals surface area (Å²) in [6.07, 6.45) is 1.12. The minimum atomic E-state index is 0.164. The Hall–Kier alpha value is -1.00. The summed E-state index contributed by atoms with van der Waals surface area (Å²) in [7, 11) is 1.93. The molecule has 0 spiro atoms. The zero-order valence-corrected chi connectivity index (χ0v) is 11.4. The van der Waals surface area contributed by atoms with Gasteiger partial charge in [-0.05, 0) is 35.4 Å². The molecule has 2 heterocycles. The second-order valence-corrected chi connectivity index (χ2v) is 6.17. The van der Waals surface area contributed by atoms with Crippen molar-refractivity contribution >= 4 is 17.7 Å². The van der Waals surface area contributed by atoms with E-state index in [-0.39, 0.29) is 5.91 Å². The van der Waals surface area contributed by atoms with Crippen LogP contribution in [-0.4, -0.2) is 35.4 Å². The van der Waals surface area contributed by atoms with Gasteiger partial charge in [-0.3, -0.25) is 4.79 Å². The number of rotatable bonds is 2. The summed E-state index contributed by atoms with van der Waals surface area (Å²) in [4.78, 5) is 14.3. The number of hydrogen-bond donors (Lipinski definition) is 1. The van der Waals surface area contributed by atoms with Gasteiger partial charge in [0.15, 0.2) is 0 Å². The molecule has 0 bridgehead atoms. The van der Waals surface area contributed by atoms with E-state index in [0.29, 0.717) is 6.04 Å². The van der Waals surface area contributed by atoms with Crippen LogP contribution in [0.5, 0.6) is 0 Å². The molecule has 3 nitrogen and oxygen atoms in total. The Labute approximate surface area is 112 Å². The number of carbonyl (C=O) groups is 1. The van der Waals surface area contributed by atoms with E-state index in [1.165, 1.54) is 16.9 Å². The van der Waals surface area contributed by atoms with Crippen molar-refractivity contribution in [3.8, 4) is 0 Å².